The van der Waals surface area contributed by atoms with Crippen LogP contribution in [0.5, 0.6) is 5.75 Å². The van der Waals surface area contributed by atoms with Crippen molar-refractivity contribution < 1.29 is 42.5 Å². The van der Waals surface area contributed by atoms with Crippen LogP contribution in [-0.4, -0.2) is 56.7 Å². The summed E-state index contributed by atoms with van der Waals surface area (Å²) < 4.78 is 36.6. The predicted octanol–water partition coefficient (Wildman–Crippen LogP) is 7.09. The highest BCUT2D eigenvalue weighted by Crippen LogP contribution is 2.56. The molecule has 3 amide bonds. The van der Waals surface area contributed by atoms with Gasteiger partial charge in [-0.2, -0.15) is 0 Å². The standard InChI is InChI=1S/C44H45BrN4O9/c1-27(2)37-41-46-35(24-55-22-28-12-7-5-8-13-28)39(58-41)44(31-16-11-17-33(45)38(31)49(25-53-3)42(44)51)32-20-30(18-19-36(32)57-26-54-4)21-34(40(50)48-37)47-43(52)56-23-29-14-9-6-10-15-29/h5-20,27,34,37H,21-26H2,1-4H3,(H,47,52)(H,48,50)/t34-,37-,44-/m0/s1. The zero-order valence-electron chi connectivity index (χ0n) is 32.7. The number of nitrogens with zero attached hydrogens (tertiary/aromatic N) is 2. The lowest BCUT2D eigenvalue weighted by molar-refractivity contribution is -0.124. The normalized spacial score (nSPS) is 18.7. The van der Waals surface area contributed by atoms with Crippen LogP contribution in [0.15, 0.2) is 106 Å². The van der Waals surface area contributed by atoms with Crippen molar-refractivity contribution in [1.29, 1.82) is 0 Å². The fourth-order valence-corrected chi connectivity index (χ4v) is 8.04. The van der Waals surface area contributed by atoms with Gasteiger partial charge in [0.2, 0.25) is 11.8 Å². The predicted molar refractivity (Wildman–Crippen MR) is 217 cm³/mol. The summed E-state index contributed by atoms with van der Waals surface area (Å²) in [5, 5.41) is 5.88. The third-order valence-corrected chi connectivity index (χ3v) is 10.8. The molecule has 0 saturated carbocycles. The van der Waals surface area contributed by atoms with Gasteiger partial charge in [-0.1, -0.05) is 98.8 Å². The molecule has 0 radical (unpaired) electrons. The minimum atomic E-state index is -1.71. The fraction of sp³-hybridized carbons (Fsp3) is 0.318. The van der Waals surface area contributed by atoms with E-state index in [1.807, 2.05) is 92.7 Å². The summed E-state index contributed by atoms with van der Waals surface area (Å²) in [4.78, 5) is 49.8. The molecule has 0 unspecified atom stereocenters. The molecule has 4 bridgehead atoms. The molecule has 0 saturated heterocycles. The Morgan fingerprint density at radius 1 is 0.931 bits per heavy atom. The highest BCUT2D eigenvalue weighted by Gasteiger charge is 2.59. The third-order valence-electron chi connectivity index (χ3n) is 10.2. The second-order valence-corrected chi connectivity index (χ2v) is 15.3. The molecule has 3 heterocycles. The molecule has 13 nitrogen and oxygen atoms in total. The second-order valence-electron chi connectivity index (χ2n) is 14.4. The summed E-state index contributed by atoms with van der Waals surface area (Å²) in [6, 6.07) is 28.0. The number of oxazole rings is 1. The number of aromatic nitrogens is 1. The van der Waals surface area contributed by atoms with E-state index in [2.05, 4.69) is 26.6 Å². The fourth-order valence-electron chi connectivity index (χ4n) is 7.46. The van der Waals surface area contributed by atoms with E-state index in [-0.39, 0.29) is 63.2 Å². The zero-order chi connectivity index (χ0) is 40.8. The minimum absolute atomic E-state index is 0.0110. The lowest BCUT2D eigenvalue weighted by Crippen LogP contribution is -2.50. The second kappa shape index (κ2) is 17.9. The molecule has 2 N–H and O–H groups in total. The highest BCUT2D eigenvalue weighted by atomic mass is 79.9. The molecule has 0 fully saturated rings. The first-order chi connectivity index (χ1) is 28.1. The lowest BCUT2D eigenvalue weighted by Gasteiger charge is -2.31. The first-order valence-corrected chi connectivity index (χ1v) is 19.7. The van der Waals surface area contributed by atoms with Gasteiger partial charge in [0.05, 0.1) is 18.9 Å². The van der Waals surface area contributed by atoms with Gasteiger partial charge in [0.1, 0.15) is 36.9 Å². The van der Waals surface area contributed by atoms with Crippen LogP contribution in [0.3, 0.4) is 0 Å². The van der Waals surface area contributed by atoms with Gasteiger partial charge >= 0.3 is 6.09 Å². The summed E-state index contributed by atoms with van der Waals surface area (Å²) in [5.74, 6) is -0.422. The first kappa shape index (κ1) is 40.6. The number of hydrogen-bond acceptors (Lipinski definition) is 10. The Bertz CT molecular complexity index is 2250. The van der Waals surface area contributed by atoms with Gasteiger partial charge in [-0.05, 0) is 50.7 Å². The van der Waals surface area contributed by atoms with Crippen molar-refractivity contribution in [3.63, 3.8) is 0 Å². The summed E-state index contributed by atoms with van der Waals surface area (Å²) in [6.45, 7) is 3.87. The quantitative estimate of drug-likeness (QED) is 0.118. The maximum atomic E-state index is 15.6. The maximum absolute atomic E-state index is 15.6. The van der Waals surface area contributed by atoms with Crippen LogP contribution in [0, 0.1) is 5.92 Å². The minimum Gasteiger partial charge on any atom is -0.467 e. The number of carbonyl (C=O) groups excluding carboxylic acids is 3. The van der Waals surface area contributed by atoms with Gasteiger partial charge < -0.3 is 38.7 Å². The van der Waals surface area contributed by atoms with Crippen molar-refractivity contribution in [3.8, 4) is 5.75 Å². The third kappa shape index (κ3) is 8.10. The molecule has 3 atom stereocenters. The average Bonchev–Trinajstić information content (AvgIpc) is 3.75. The molecule has 302 valence electrons. The summed E-state index contributed by atoms with van der Waals surface area (Å²) in [6.07, 6.45) is -0.740. The highest BCUT2D eigenvalue weighted by molar-refractivity contribution is 9.10. The number of fused-ring (bicyclic) bond motifs is 8. The van der Waals surface area contributed by atoms with Crippen molar-refractivity contribution in [2.75, 3.05) is 32.6 Å². The number of halogens is 1. The molecule has 0 aliphatic carbocycles. The molecule has 1 aromatic heterocycles. The molecule has 2 aliphatic heterocycles. The van der Waals surface area contributed by atoms with Gasteiger partial charge in [-0.3, -0.25) is 14.5 Å². The molecule has 58 heavy (non-hydrogen) atoms. The molecule has 7 rings (SSSR count). The van der Waals surface area contributed by atoms with E-state index in [9.17, 15) is 9.59 Å². The van der Waals surface area contributed by atoms with E-state index in [0.717, 1.165) is 11.1 Å². The monoisotopic (exact) mass is 852 g/mol. The van der Waals surface area contributed by atoms with Crippen LogP contribution in [0.25, 0.3) is 0 Å². The molecule has 2 aliphatic rings. The van der Waals surface area contributed by atoms with Crippen LogP contribution in [0.4, 0.5) is 10.5 Å². The Kier molecular flexibility index (Phi) is 12.6. The number of ether oxygens (including phenoxy) is 5. The van der Waals surface area contributed by atoms with Crippen LogP contribution in [0.2, 0.25) is 0 Å². The van der Waals surface area contributed by atoms with Crippen LogP contribution in [-0.2, 0) is 60.2 Å². The molecular weight excluding hydrogens is 808 g/mol. The topological polar surface area (TPSA) is 151 Å². The van der Waals surface area contributed by atoms with Gasteiger partial charge in [-0.25, -0.2) is 9.78 Å². The van der Waals surface area contributed by atoms with Crippen molar-refractivity contribution in [2.24, 2.45) is 5.92 Å². The number of anilines is 1. The van der Waals surface area contributed by atoms with E-state index in [4.69, 9.17) is 33.1 Å². The Morgan fingerprint density at radius 2 is 1.66 bits per heavy atom. The Balaban J connectivity index is 1.43. The Morgan fingerprint density at radius 3 is 2.34 bits per heavy atom. The van der Waals surface area contributed by atoms with E-state index in [0.29, 0.717) is 38.3 Å². The number of hydrogen-bond donors (Lipinski definition) is 2. The summed E-state index contributed by atoms with van der Waals surface area (Å²) in [5.41, 5.74) is 2.55. The van der Waals surface area contributed by atoms with E-state index >= 15 is 4.79 Å². The van der Waals surface area contributed by atoms with Gasteiger partial charge in [0, 0.05) is 36.2 Å². The smallest absolute Gasteiger partial charge is 0.408 e. The zero-order valence-corrected chi connectivity index (χ0v) is 34.2. The van der Waals surface area contributed by atoms with Crippen LogP contribution >= 0.6 is 15.9 Å². The number of benzene rings is 4. The van der Waals surface area contributed by atoms with Gasteiger partial charge in [0.15, 0.2) is 18.0 Å². The lowest BCUT2D eigenvalue weighted by atomic mass is 9.71. The number of rotatable bonds is 13. The molecule has 14 heteroatoms. The van der Waals surface area contributed by atoms with Crippen LogP contribution in [0.1, 0.15) is 65.1 Å². The van der Waals surface area contributed by atoms with Crippen LogP contribution < -0.4 is 20.3 Å². The average molecular weight is 854 g/mol. The number of methoxy groups -OCH3 is 2. The van der Waals surface area contributed by atoms with Crippen molar-refractivity contribution in [1.82, 2.24) is 15.6 Å². The number of amides is 3. The van der Waals surface area contributed by atoms with Crippen molar-refractivity contribution in [3.05, 3.63) is 147 Å². The number of alkyl carbamates (subject to hydrolysis) is 1. The van der Waals surface area contributed by atoms with Gasteiger partial charge in [-0.15, -0.1) is 0 Å². The SMILES string of the molecule is COCOc1ccc2cc1[C@]1(C(=O)N(COC)c3c(Br)cccc31)c1oc(nc1COCc1ccccc1)[C@H](C(C)C)NC(=O)[C@@H](NC(=O)OCc1ccccc1)C2. The van der Waals surface area contributed by atoms with Crippen molar-refractivity contribution in [2.45, 2.75) is 57.6 Å². The largest absolute Gasteiger partial charge is 0.467 e. The first-order valence-electron chi connectivity index (χ1n) is 18.9. The molecule has 1 spiro atoms. The van der Waals surface area contributed by atoms with Crippen molar-refractivity contribution >= 4 is 39.5 Å². The summed E-state index contributed by atoms with van der Waals surface area (Å²) >= 11 is 3.72. The van der Waals surface area contributed by atoms with E-state index < -0.39 is 29.5 Å². The van der Waals surface area contributed by atoms with E-state index in [1.165, 1.54) is 14.2 Å². The van der Waals surface area contributed by atoms with E-state index in [1.54, 1.807) is 23.1 Å². The number of carbonyl (C=O) groups is 3. The van der Waals surface area contributed by atoms with Gasteiger partial charge in [0.25, 0.3) is 5.91 Å². The number of para-hydroxylation sites is 1. The summed E-state index contributed by atoms with van der Waals surface area (Å²) in [7, 11) is 3.03. The molecule has 4 aromatic carbocycles. The number of nitrogens with one attached hydrogen (secondary N) is 2. The Labute approximate surface area is 345 Å². The molecular formula is C44H45BrN4O9. The Hall–Kier alpha value is -5.54. The maximum Gasteiger partial charge on any atom is 0.408 e. The molecule has 5 aromatic rings.